The zero-order chi connectivity index (χ0) is 17.0. The maximum Gasteiger partial charge on any atom is 0.199 e. The van der Waals surface area contributed by atoms with Gasteiger partial charge < -0.3 is 4.74 Å². The number of benzene rings is 2. The van der Waals surface area contributed by atoms with Gasteiger partial charge in [0.05, 0.1) is 10.8 Å². The highest BCUT2D eigenvalue weighted by Crippen LogP contribution is 2.28. The molecule has 2 aromatic carbocycles. The lowest BCUT2D eigenvalue weighted by atomic mass is 10.2. The van der Waals surface area contributed by atoms with Gasteiger partial charge in [-0.1, -0.05) is 48.0 Å². The highest BCUT2D eigenvalue weighted by Gasteiger charge is 2.19. The number of halogens is 1. The van der Waals surface area contributed by atoms with Crippen LogP contribution in [0.2, 0.25) is 5.02 Å². The van der Waals surface area contributed by atoms with Crippen molar-refractivity contribution in [2.75, 3.05) is 0 Å². The molecule has 0 atom stereocenters. The molecule has 122 valence electrons. The zero-order valence-electron chi connectivity index (χ0n) is 12.6. The fraction of sp³-hybridized carbons (Fsp3) is 0.0556. The van der Waals surface area contributed by atoms with Gasteiger partial charge in [0.15, 0.2) is 14.9 Å². The molecule has 3 aromatic rings. The second kappa shape index (κ2) is 7.03. The second-order valence-corrected chi connectivity index (χ2v) is 7.47. The second-order valence-electron chi connectivity index (χ2n) is 5.10. The first-order valence-corrected chi connectivity index (χ1v) is 9.23. The van der Waals surface area contributed by atoms with Crippen LogP contribution in [0, 0.1) is 0 Å². The van der Waals surface area contributed by atoms with E-state index in [1.807, 2.05) is 30.3 Å². The molecule has 0 aliphatic heterocycles. The van der Waals surface area contributed by atoms with Crippen LogP contribution in [0.1, 0.15) is 5.56 Å². The first-order chi connectivity index (χ1) is 11.5. The van der Waals surface area contributed by atoms with Crippen LogP contribution in [0.4, 0.5) is 0 Å². The number of para-hydroxylation sites is 2. The third kappa shape index (κ3) is 3.93. The van der Waals surface area contributed by atoms with Gasteiger partial charge in [0.25, 0.3) is 0 Å². The van der Waals surface area contributed by atoms with E-state index in [9.17, 15) is 8.42 Å². The Labute approximate surface area is 145 Å². The lowest BCUT2D eigenvalue weighted by molar-refractivity contribution is 0.477. The molecule has 4 nitrogen and oxygen atoms in total. The van der Waals surface area contributed by atoms with Crippen molar-refractivity contribution in [2.45, 2.75) is 10.8 Å². The van der Waals surface area contributed by atoms with Crippen LogP contribution in [0.5, 0.6) is 11.5 Å². The average Bonchev–Trinajstić information content (AvgIpc) is 2.58. The SMILES string of the molecule is O=S(=O)(Cc1ccccc1Oc1ccccc1)c1ccc(Cl)cn1. The van der Waals surface area contributed by atoms with E-state index in [2.05, 4.69) is 4.98 Å². The van der Waals surface area contributed by atoms with Gasteiger partial charge in [-0.15, -0.1) is 0 Å². The van der Waals surface area contributed by atoms with Crippen molar-refractivity contribution in [2.24, 2.45) is 0 Å². The van der Waals surface area contributed by atoms with E-state index in [-0.39, 0.29) is 10.8 Å². The minimum Gasteiger partial charge on any atom is -0.457 e. The highest BCUT2D eigenvalue weighted by molar-refractivity contribution is 7.90. The fourth-order valence-corrected chi connectivity index (χ4v) is 3.56. The van der Waals surface area contributed by atoms with Crippen molar-refractivity contribution in [3.8, 4) is 11.5 Å². The average molecular weight is 360 g/mol. The molecule has 0 amide bonds. The summed E-state index contributed by atoms with van der Waals surface area (Å²) in [5, 5.41) is 0.378. The molecule has 24 heavy (non-hydrogen) atoms. The minimum atomic E-state index is -3.59. The van der Waals surface area contributed by atoms with E-state index in [1.54, 1.807) is 24.3 Å². The van der Waals surface area contributed by atoms with Gasteiger partial charge in [-0.25, -0.2) is 13.4 Å². The molecule has 0 saturated heterocycles. The smallest absolute Gasteiger partial charge is 0.199 e. The predicted molar refractivity (Wildman–Crippen MR) is 93.1 cm³/mol. The molecule has 1 aromatic heterocycles. The van der Waals surface area contributed by atoms with Gasteiger partial charge in [0.2, 0.25) is 0 Å². The molecule has 0 fully saturated rings. The Bertz CT molecular complexity index is 926. The van der Waals surface area contributed by atoms with Gasteiger partial charge >= 0.3 is 0 Å². The first-order valence-electron chi connectivity index (χ1n) is 7.20. The lowest BCUT2D eigenvalue weighted by Crippen LogP contribution is -2.07. The van der Waals surface area contributed by atoms with Crippen LogP contribution in [-0.2, 0) is 15.6 Å². The molecule has 6 heteroatoms. The van der Waals surface area contributed by atoms with Crippen LogP contribution in [0.25, 0.3) is 0 Å². The molecule has 0 saturated carbocycles. The molecule has 0 aliphatic carbocycles. The number of hydrogen-bond donors (Lipinski definition) is 0. The van der Waals surface area contributed by atoms with Crippen LogP contribution in [-0.4, -0.2) is 13.4 Å². The molecule has 0 radical (unpaired) electrons. The van der Waals surface area contributed by atoms with E-state index in [0.717, 1.165) is 0 Å². The fourth-order valence-electron chi connectivity index (χ4n) is 2.16. The summed E-state index contributed by atoms with van der Waals surface area (Å²) >= 11 is 5.76. The largest absolute Gasteiger partial charge is 0.457 e. The molecule has 0 N–H and O–H groups in total. The number of rotatable bonds is 5. The van der Waals surface area contributed by atoms with Crippen molar-refractivity contribution >= 4 is 21.4 Å². The van der Waals surface area contributed by atoms with Crippen molar-refractivity contribution in [3.63, 3.8) is 0 Å². The van der Waals surface area contributed by atoms with Gasteiger partial charge in [-0.2, -0.15) is 0 Å². The molecule has 0 aliphatic rings. The van der Waals surface area contributed by atoms with Crippen molar-refractivity contribution in [1.82, 2.24) is 4.98 Å². The maximum absolute atomic E-state index is 12.6. The Hall–Kier alpha value is -2.37. The van der Waals surface area contributed by atoms with Gasteiger partial charge in [0, 0.05) is 11.8 Å². The molecule has 1 heterocycles. The summed E-state index contributed by atoms with van der Waals surface area (Å²) in [7, 11) is -3.59. The van der Waals surface area contributed by atoms with E-state index in [0.29, 0.717) is 22.1 Å². The summed E-state index contributed by atoms with van der Waals surface area (Å²) in [6.07, 6.45) is 1.32. The maximum atomic E-state index is 12.6. The number of aromatic nitrogens is 1. The van der Waals surface area contributed by atoms with Crippen LogP contribution < -0.4 is 4.74 Å². The number of pyridine rings is 1. The van der Waals surface area contributed by atoms with E-state index >= 15 is 0 Å². The van der Waals surface area contributed by atoms with Crippen molar-refractivity contribution in [1.29, 1.82) is 0 Å². The van der Waals surface area contributed by atoms with E-state index in [4.69, 9.17) is 16.3 Å². The van der Waals surface area contributed by atoms with E-state index in [1.165, 1.54) is 18.3 Å². The molecular formula is C18H14ClNO3S. The number of ether oxygens (including phenoxy) is 1. The quantitative estimate of drug-likeness (QED) is 0.673. The summed E-state index contributed by atoms with van der Waals surface area (Å²) in [5.41, 5.74) is 0.568. The third-order valence-corrected chi connectivity index (χ3v) is 5.10. The Kier molecular flexibility index (Phi) is 4.83. The normalized spacial score (nSPS) is 11.2. The number of nitrogens with zero attached hydrogens (tertiary/aromatic N) is 1. The summed E-state index contributed by atoms with van der Waals surface area (Å²) in [6, 6.07) is 19.2. The molecular weight excluding hydrogens is 346 g/mol. The molecule has 0 spiro atoms. The lowest BCUT2D eigenvalue weighted by Gasteiger charge is -2.11. The Morgan fingerprint density at radius 2 is 1.62 bits per heavy atom. The zero-order valence-corrected chi connectivity index (χ0v) is 14.2. The molecule has 0 unspecified atom stereocenters. The van der Waals surface area contributed by atoms with Gasteiger partial charge in [-0.05, 0) is 30.3 Å². The summed E-state index contributed by atoms with van der Waals surface area (Å²) in [5.74, 6) is 0.943. The number of sulfone groups is 1. The minimum absolute atomic E-state index is 0.0126. The van der Waals surface area contributed by atoms with Crippen LogP contribution in [0.15, 0.2) is 78.0 Å². The standard InChI is InChI=1S/C18H14ClNO3S/c19-15-10-11-18(20-12-15)24(21,22)13-14-6-4-5-9-17(14)23-16-7-2-1-3-8-16/h1-12H,13H2. The molecule has 0 bridgehead atoms. The number of hydrogen-bond acceptors (Lipinski definition) is 4. The summed E-state index contributed by atoms with van der Waals surface area (Å²) < 4.78 is 30.9. The highest BCUT2D eigenvalue weighted by atomic mass is 35.5. The Morgan fingerprint density at radius 3 is 2.33 bits per heavy atom. The third-order valence-electron chi connectivity index (χ3n) is 3.31. The Morgan fingerprint density at radius 1 is 0.917 bits per heavy atom. The van der Waals surface area contributed by atoms with Crippen molar-refractivity contribution in [3.05, 3.63) is 83.5 Å². The molecule has 3 rings (SSSR count). The monoisotopic (exact) mass is 359 g/mol. The van der Waals surface area contributed by atoms with Crippen LogP contribution >= 0.6 is 11.6 Å². The van der Waals surface area contributed by atoms with Crippen molar-refractivity contribution < 1.29 is 13.2 Å². The topological polar surface area (TPSA) is 56.3 Å². The Balaban J connectivity index is 1.89. The summed E-state index contributed by atoms with van der Waals surface area (Å²) in [6.45, 7) is 0. The van der Waals surface area contributed by atoms with Crippen LogP contribution in [0.3, 0.4) is 0 Å². The van der Waals surface area contributed by atoms with Gasteiger partial charge in [-0.3, -0.25) is 0 Å². The van der Waals surface area contributed by atoms with E-state index < -0.39 is 9.84 Å². The predicted octanol–water partition coefficient (Wildman–Crippen LogP) is 4.50. The first kappa shape index (κ1) is 16.5. The van der Waals surface area contributed by atoms with Gasteiger partial charge in [0.1, 0.15) is 11.5 Å². The summed E-state index contributed by atoms with van der Waals surface area (Å²) in [4.78, 5) is 3.90.